The van der Waals surface area contributed by atoms with E-state index in [-0.39, 0.29) is 30.6 Å². The zero-order chi connectivity index (χ0) is 10.8. The third-order valence-corrected chi connectivity index (χ3v) is 2.28. The Hall–Kier alpha value is -1.39. The Labute approximate surface area is 113 Å². The molecule has 0 bridgehead atoms. The Bertz CT molecular complexity index is 485. The van der Waals surface area contributed by atoms with Crippen molar-refractivity contribution in [2.24, 2.45) is 7.05 Å². The zero-order valence-corrected chi connectivity index (χ0v) is 10.9. The molecule has 0 aliphatic rings. The molecule has 1 aromatic heterocycles. The topological polar surface area (TPSA) is 55.1 Å². The van der Waals surface area contributed by atoms with Crippen LogP contribution in [0.1, 0.15) is 5.56 Å². The van der Waals surface area contributed by atoms with Gasteiger partial charge in [0.05, 0.1) is 7.05 Å². The molecule has 0 saturated heterocycles. The summed E-state index contributed by atoms with van der Waals surface area (Å²) >= 11 is 0. The maximum absolute atomic E-state index is 9.63. The molecular weight excluding hydrogens is 261 g/mol. The molecule has 0 radical (unpaired) electrons. The van der Waals surface area contributed by atoms with Gasteiger partial charge in [0.15, 0.2) is 0 Å². The van der Waals surface area contributed by atoms with Gasteiger partial charge >= 0.3 is 0 Å². The van der Waals surface area contributed by atoms with Gasteiger partial charge in [0, 0.05) is 11.3 Å². The van der Waals surface area contributed by atoms with Crippen molar-refractivity contribution in [3.8, 4) is 5.75 Å². The molecule has 0 aliphatic heterocycles. The van der Waals surface area contributed by atoms with Crippen LogP contribution < -0.4 is 22.7 Å². The second kappa shape index (κ2) is 6.37. The quantitative estimate of drug-likeness (QED) is 0.381. The van der Waals surface area contributed by atoms with Gasteiger partial charge in [0.2, 0.25) is 6.33 Å². The molecule has 2 aromatic rings. The van der Waals surface area contributed by atoms with Crippen molar-refractivity contribution in [1.29, 1.82) is 0 Å². The Kier molecular flexibility index (Phi) is 5.85. The molecule has 0 unspecified atom stereocenters. The molecule has 0 saturated carbocycles. The van der Waals surface area contributed by atoms with Crippen LogP contribution in [0.5, 0.6) is 5.75 Å². The van der Waals surface area contributed by atoms with Crippen LogP contribution in [0, 0.1) is 0 Å². The molecular formula is C11H15Cl2N3O. The van der Waals surface area contributed by atoms with Gasteiger partial charge in [-0.15, -0.1) is 12.4 Å². The lowest BCUT2D eigenvalue weighted by Gasteiger charge is -2.02. The number of aromatic hydroxyl groups is 1. The van der Waals surface area contributed by atoms with E-state index in [9.17, 15) is 5.11 Å². The molecule has 4 nitrogen and oxygen atoms in total. The normalized spacial score (nSPS) is 9.24. The van der Waals surface area contributed by atoms with Crippen molar-refractivity contribution < 1.29 is 22.1 Å². The largest absolute Gasteiger partial charge is 1.00 e. The van der Waals surface area contributed by atoms with Crippen molar-refractivity contribution in [3.63, 3.8) is 0 Å². The number of phenolic OH excluding ortho intramolecular Hbond substituents is 1. The van der Waals surface area contributed by atoms with Crippen LogP contribution in [-0.4, -0.2) is 9.67 Å². The minimum atomic E-state index is 0. The fourth-order valence-corrected chi connectivity index (χ4v) is 1.52. The number of aryl methyl sites for hydroxylation is 1. The number of hydrogen-bond donors (Lipinski definition) is 2. The monoisotopic (exact) mass is 275 g/mol. The van der Waals surface area contributed by atoms with E-state index in [1.807, 2.05) is 34.9 Å². The molecule has 0 spiro atoms. The van der Waals surface area contributed by atoms with Crippen molar-refractivity contribution >= 4 is 18.1 Å². The summed E-state index contributed by atoms with van der Waals surface area (Å²) < 4.78 is 3.93. The van der Waals surface area contributed by atoms with E-state index in [4.69, 9.17) is 5.73 Å². The Morgan fingerprint density at radius 1 is 1.41 bits per heavy atom. The average Bonchev–Trinajstić information content (AvgIpc) is 2.58. The summed E-state index contributed by atoms with van der Waals surface area (Å²) in [5, 5.41) is 9.63. The van der Waals surface area contributed by atoms with E-state index in [1.165, 1.54) is 0 Å². The van der Waals surface area contributed by atoms with Crippen molar-refractivity contribution in [2.75, 3.05) is 5.73 Å². The van der Waals surface area contributed by atoms with E-state index in [0.29, 0.717) is 12.2 Å². The lowest BCUT2D eigenvalue weighted by atomic mass is 10.2. The second-order valence-electron chi connectivity index (χ2n) is 3.64. The lowest BCUT2D eigenvalue weighted by Crippen LogP contribution is -3.00. The van der Waals surface area contributed by atoms with Gasteiger partial charge in [-0.3, -0.25) is 0 Å². The van der Waals surface area contributed by atoms with E-state index < -0.39 is 0 Å². The molecule has 1 aromatic carbocycles. The molecule has 3 N–H and O–H groups in total. The summed E-state index contributed by atoms with van der Waals surface area (Å²) in [5.41, 5.74) is 7.15. The highest BCUT2D eigenvalue weighted by Crippen LogP contribution is 2.20. The van der Waals surface area contributed by atoms with Gasteiger partial charge in [0.1, 0.15) is 24.7 Å². The predicted octanol–water partition coefficient (Wildman–Crippen LogP) is -1.93. The third kappa shape index (κ3) is 3.84. The minimum absolute atomic E-state index is 0. The number of imidazole rings is 1. The van der Waals surface area contributed by atoms with Gasteiger partial charge in [-0.25, -0.2) is 9.13 Å². The fourth-order valence-electron chi connectivity index (χ4n) is 1.52. The Morgan fingerprint density at radius 3 is 2.71 bits per heavy atom. The first-order valence-electron chi connectivity index (χ1n) is 4.73. The van der Waals surface area contributed by atoms with Crippen LogP contribution in [-0.2, 0) is 13.6 Å². The molecule has 0 amide bonds. The van der Waals surface area contributed by atoms with E-state index in [2.05, 4.69) is 0 Å². The van der Waals surface area contributed by atoms with E-state index in [0.717, 1.165) is 5.56 Å². The molecule has 1 heterocycles. The first-order chi connectivity index (χ1) is 7.15. The molecule has 6 heteroatoms. The summed E-state index contributed by atoms with van der Waals surface area (Å²) in [4.78, 5) is 0. The zero-order valence-electron chi connectivity index (χ0n) is 9.38. The summed E-state index contributed by atoms with van der Waals surface area (Å²) in [5.74, 6) is 0.278. The Morgan fingerprint density at radius 2 is 2.12 bits per heavy atom. The first kappa shape index (κ1) is 15.6. The summed E-state index contributed by atoms with van der Waals surface area (Å²) in [6, 6.07) is 5.10. The number of hydrogen-bond acceptors (Lipinski definition) is 2. The van der Waals surface area contributed by atoms with Gasteiger partial charge in [-0.05, 0) is 18.2 Å². The van der Waals surface area contributed by atoms with Crippen LogP contribution in [0.2, 0.25) is 0 Å². The van der Waals surface area contributed by atoms with Crippen molar-refractivity contribution in [2.45, 2.75) is 6.54 Å². The molecule has 0 aliphatic carbocycles. The van der Waals surface area contributed by atoms with E-state index >= 15 is 0 Å². The number of anilines is 1. The first-order valence-corrected chi connectivity index (χ1v) is 4.73. The second-order valence-corrected chi connectivity index (χ2v) is 3.64. The number of halogens is 2. The van der Waals surface area contributed by atoms with Gasteiger partial charge < -0.3 is 23.2 Å². The van der Waals surface area contributed by atoms with Crippen molar-refractivity contribution in [3.05, 3.63) is 42.5 Å². The summed E-state index contributed by atoms with van der Waals surface area (Å²) in [6.07, 6.45) is 5.84. The number of rotatable bonds is 2. The highest BCUT2D eigenvalue weighted by atomic mass is 35.5. The highest BCUT2D eigenvalue weighted by Gasteiger charge is 2.06. The maximum Gasteiger partial charge on any atom is 0.243 e. The molecule has 94 valence electrons. The number of phenols is 1. The highest BCUT2D eigenvalue weighted by molar-refractivity contribution is 5.85. The SMILES string of the molecule is C[n+]1ccn(Cc2cc(N)ccc2O)c1.Cl.[Cl-]. The molecule has 0 fully saturated rings. The van der Waals surface area contributed by atoms with Gasteiger partial charge in [0.25, 0.3) is 0 Å². The third-order valence-electron chi connectivity index (χ3n) is 2.28. The summed E-state index contributed by atoms with van der Waals surface area (Å²) in [7, 11) is 1.95. The molecule has 2 rings (SSSR count). The number of nitrogens with zero attached hydrogens (tertiary/aromatic N) is 2. The van der Waals surface area contributed by atoms with Crippen LogP contribution in [0.3, 0.4) is 0 Å². The number of nitrogens with two attached hydrogens (primary N) is 1. The van der Waals surface area contributed by atoms with Crippen LogP contribution in [0.15, 0.2) is 36.9 Å². The summed E-state index contributed by atoms with van der Waals surface area (Å²) in [6.45, 7) is 0.623. The number of aromatic nitrogens is 2. The van der Waals surface area contributed by atoms with Crippen LogP contribution >= 0.6 is 12.4 Å². The molecule has 0 atom stereocenters. The van der Waals surface area contributed by atoms with Crippen LogP contribution in [0.25, 0.3) is 0 Å². The lowest BCUT2D eigenvalue weighted by molar-refractivity contribution is -0.671. The maximum atomic E-state index is 9.63. The Balaban J connectivity index is 0.00000128. The number of nitrogen functional groups attached to an aromatic ring is 1. The predicted molar refractivity (Wildman–Crippen MR) is 64.5 cm³/mol. The molecule has 17 heavy (non-hydrogen) atoms. The van der Waals surface area contributed by atoms with Crippen LogP contribution in [0.4, 0.5) is 5.69 Å². The average molecular weight is 276 g/mol. The minimum Gasteiger partial charge on any atom is -1.00 e. The standard InChI is InChI=1S/C11H13N3O.2ClH/c1-13-4-5-14(8-13)7-9-6-10(12)2-3-11(9)15;;/h2-6,8H,7,12H2,1H3;2*1H. The smallest absolute Gasteiger partial charge is 0.243 e. The van der Waals surface area contributed by atoms with Crippen molar-refractivity contribution in [1.82, 2.24) is 4.57 Å². The van der Waals surface area contributed by atoms with E-state index in [1.54, 1.807) is 18.2 Å². The van der Waals surface area contributed by atoms with Gasteiger partial charge in [-0.1, -0.05) is 0 Å². The number of benzene rings is 1. The van der Waals surface area contributed by atoms with Gasteiger partial charge in [-0.2, -0.15) is 0 Å². The fraction of sp³-hybridized carbons (Fsp3) is 0.182.